The molecule has 0 radical (unpaired) electrons. The number of carbonyl (C=O) groups excluding carboxylic acids is 1. The molecule has 19 nitrogen and oxygen atoms in total. The van der Waals surface area contributed by atoms with Crippen molar-refractivity contribution in [1.82, 2.24) is 5.32 Å². The summed E-state index contributed by atoms with van der Waals surface area (Å²) < 4.78 is 34.0. The molecule has 12 N–H and O–H groups in total. The second-order valence-corrected chi connectivity index (χ2v) is 19.7. The minimum Gasteiger partial charge on any atom is -0.394 e. The van der Waals surface area contributed by atoms with Crippen molar-refractivity contribution in [2.45, 2.75) is 240 Å². The number of hydrogen-bond donors (Lipinski definition) is 12. The van der Waals surface area contributed by atoms with Crippen LogP contribution in [0.2, 0.25) is 0 Å². The van der Waals surface area contributed by atoms with Gasteiger partial charge >= 0.3 is 0 Å². The van der Waals surface area contributed by atoms with Crippen LogP contribution in [0.25, 0.3) is 0 Å². The van der Waals surface area contributed by atoms with E-state index in [-0.39, 0.29) is 18.9 Å². The van der Waals surface area contributed by atoms with Crippen molar-refractivity contribution in [3.05, 3.63) is 85.1 Å². The number of nitrogens with one attached hydrogen (secondary N) is 1. The van der Waals surface area contributed by atoms with Crippen LogP contribution in [0.5, 0.6) is 0 Å². The van der Waals surface area contributed by atoms with Gasteiger partial charge in [-0.1, -0.05) is 144 Å². The monoisotopic (exact) mass is 1080 g/mol. The zero-order chi connectivity index (χ0) is 55.5. The van der Waals surface area contributed by atoms with Crippen molar-refractivity contribution in [2.75, 3.05) is 26.4 Å². The summed E-state index contributed by atoms with van der Waals surface area (Å²) in [7, 11) is 0. The van der Waals surface area contributed by atoms with Gasteiger partial charge in [-0.25, -0.2) is 0 Å². The van der Waals surface area contributed by atoms with Crippen LogP contribution in [0, 0.1) is 0 Å². The largest absolute Gasteiger partial charge is 0.394 e. The second kappa shape index (κ2) is 40.2. The zero-order valence-electron chi connectivity index (χ0n) is 44.9. The Bertz CT molecular complexity index is 1720. The highest BCUT2D eigenvalue weighted by Gasteiger charge is 2.53. The van der Waals surface area contributed by atoms with Gasteiger partial charge in [-0.15, -0.1) is 0 Å². The van der Waals surface area contributed by atoms with Gasteiger partial charge in [0.05, 0.1) is 38.6 Å². The average Bonchev–Trinajstić information content (AvgIpc) is 3.42. The van der Waals surface area contributed by atoms with E-state index in [0.29, 0.717) is 19.3 Å². The van der Waals surface area contributed by atoms with Crippen LogP contribution >= 0.6 is 0 Å². The number of carbonyl (C=O) groups is 1. The lowest BCUT2D eigenvalue weighted by Crippen LogP contribution is -2.66. The molecule has 0 saturated carbocycles. The smallest absolute Gasteiger partial charge is 0.220 e. The summed E-state index contributed by atoms with van der Waals surface area (Å²) in [4.78, 5) is 13.2. The molecule has 3 aliphatic heterocycles. The fourth-order valence-electron chi connectivity index (χ4n) is 8.88. The molecule has 3 saturated heterocycles. The predicted molar refractivity (Wildman–Crippen MR) is 286 cm³/mol. The van der Waals surface area contributed by atoms with Crippen LogP contribution < -0.4 is 5.32 Å². The third kappa shape index (κ3) is 24.5. The molecule has 0 spiro atoms. The van der Waals surface area contributed by atoms with Crippen molar-refractivity contribution in [3.8, 4) is 0 Å². The highest BCUT2D eigenvalue weighted by atomic mass is 16.8. The van der Waals surface area contributed by atoms with Crippen LogP contribution in [-0.2, 0) is 33.2 Å². The van der Waals surface area contributed by atoms with E-state index in [2.05, 4.69) is 104 Å². The maximum absolute atomic E-state index is 13.2. The van der Waals surface area contributed by atoms with E-state index in [4.69, 9.17) is 28.4 Å². The van der Waals surface area contributed by atoms with Gasteiger partial charge in [0.25, 0.3) is 0 Å². The molecular weight excluding hydrogens is 987 g/mol. The molecule has 17 unspecified atom stereocenters. The van der Waals surface area contributed by atoms with Gasteiger partial charge in [0, 0.05) is 6.42 Å². The molecule has 3 heterocycles. The van der Waals surface area contributed by atoms with Gasteiger partial charge in [-0.05, 0) is 70.6 Å². The van der Waals surface area contributed by atoms with Gasteiger partial charge in [0.2, 0.25) is 5.91 Å². The Morgan fingerprint density at radius 1 is 0.487 bits per heavy atom. The standard InChI is InChI=1S/C57H95NO18/c1-3-5-7-9-10-11-12-13-14-15-16-17-18-19-20-21-22-23-24-25-26-27-28-29-30-31-33-35-45(63)58-40(41(62)34-32-8-6-4-2)39-71-55-51(69)48(66)53(43(37-60)73-55)76-57-52(70)49(67)54(44(38-61)74-57)75-56-50(68)47(65)46(64)42(36-59)72-56/h5,7,10-11,13-14,16-17,19-20,22-23,25-26,40-44,46-57,59-62,64-70H,3-4,6,8-9,12,15,18,21,24,27-39H2,1-2H3,(H,58,63)/b7-5-,11-10-,14-13-,17-16-,20-19-,23-22-,26-25-. The summed E-state index contributed by atoms with van der Waals surface area (Å²) in [5.41, 5.74) is 0. The van der Waals surface area contributed by atoms with Gasteiger partial charge in [-0.3, -0.25) is 4.79 Å². The number of amides is 1. The molecule has 0 aromatic heterocycles. The Morgan fingerprint density at radius 3 is 1.41 bits per heavy atom. The molecule has 3 fully saturated rings. The average molecular weight is 1080 g/mol. The third-order valence-corrected chi connectivity index (χ3v) is 13.5. The Balaban J connectivity index is 1.38. The Morgan fingerprint density at radius 2 is 0.908 bits per heavy atom. The van der Waals surface area contributed by atoms with Crippen LogP contribution in [0.15, 0.2) is 85.1 Å². The first kappa shape index (κ1) is 67.2. The third-order valence-electron chi connectivity index (χ3n) is 13.5. The van der Waals surface area contributed by atoms with E-state index in [1.54, 1.807) is 0 Å². The quantitative estimate of drug-likeness (QED) is 0.0310. The fraction of sp³-hybridized carbons (Fsp3) is 0.737. The maximum Gasteiger partial charge on any atom is 0.220 e. The van der Waals surface area contributed by atoms with Crippen molar-refractivity contribution in [1.29, 1.82) is 0 Å². The van der Waals surface area contributed by atoms with E-state index in [0.717, 1.165) is 96.3 Å². The van der Waals surface area contributed by atoms with Crippen molar-refractivity contribution in [2.24, 2.45) is 0 Å². The Hall–Kier alpha value is -3.03. The summed E-state index contributed by atoms with van der Waals surface area (Å²) in [5, 5.41) is 119. The van der Waals surface area contributed by atoms with Crippen LogP contribution in [0.3, 0.4) is 0 Å². The first-order chi connectivity index (χ1) is 36.8. The second-order valence-electron chi connectivity index (χ2n) is 19.7. The van der Waals surface area contributed by atoms with Gasteiger partial charge < -0.3 is 89.9 Å². The summed E-state index contributed by atoms with van der Waals surface area (Å²) in [5.74, 6) is -0.277. The summed E-state index contributed by atoms with van der Waals surface area (Å²) in [6, 6.07) is -0.899. The van der Waals surface area contributed by atoms with Crippen LogP contribution in [0.4, 0.5) is 0 Å². The lowest BCUT2D eigenvalue weighted by Gasteiger charge is -2.48. The van der Waals surface area contributed by atoms with Crippen molar-refractivity contribution in [3.63, 3.8) is 0 Å². The van der Waals surface area contributed by atoms with Crippen molar-refractivity contribution >= 4 is 5.91 Å². The van der Waals surface area contributed by atoms with Crippen molar-refractivity contribution < 1.29 is 89.4 Å². The predicted octanol–water partition coefficient (Wildman–Crippen LogP) is 3.64. The zero-order valence-corrected chi connectivity index (χ0v) is 44.9. The summed E-state index contributed by atoms with van der Waals surface area (Å²) in [6.45, 7) is 1.47. The highest BCUT2D eigenvalue weighted by molar-refractivity contribution is 5.76. The first-order valence-electron chi connectivity index (χ1n) is 27.8. The number of unbranched alkanes of at least 4 members (excludes halogenated alkanes) is 8. The van der Waals surface area contributed by atoms with E-state index < -0.39 is 124 Å². The molecule has 3 aliphatic rings. The molecule has 0 bridgehead atoms. The van der Waals surface area contributed by atoms with Gasteiger partial charge in [0.15, 0.2) is 18.9 Å². The van der Waals surface area contributed by atoms with E-state index >= 15 is 0 Å². The molecule has 1 amide bonds. The number of aliphatic hydroxyl groups is 11. The van der Waals surface area contributed by atoms with Crippen LogP contribution in [0.1, 0.15) is 136 Å². The number of ether oxygens (including phenoxy) is 6. The molecule has 0 aromatic carbocycles. The molecule has 3 rings (SSSR count). The summed E-state index contributed by atoms with van der Waals surface area (Å²) >= 11 is 0. The molecular formula is C57H95NO18. The molecule has 76 heavy (non-hydrogen) atoms. The van der Waals surface area contributed by atoms with Gasteiger partial charge in [-0.2, -0.15) is 0 Å². The number of rotatable bonds is 38. The van der Waals surface area contributed by atoms with E-state index in [1.165, 1.54) is 0 Å². The SMILES string of the molecule is CC/C=C\C/C=C\C/C=C\C/C=C\C/C=C\C/C=C\C/C=C\CCCCCCCC(=O)NC(COC1OC(CO)C(OC2OC(CO)C(OC3OC(CO)C(O)C(O)C3O)C(O)C2O)C(O)C1O)C(O)CCCCCC. The van der Waals surface area contributed by atoms with Gasteiger partial charge in [0.1, 0.15) is 73.2 Å². The van der Waals surface area contributed by atoms with E-state index in [9.17, 15) is 61.0 Å². The molecule has 17 atom stereocenters. The molecule has 19 heteroatoms. The molecule has 436 valence electrons. The minimum atomic E-state index is -1.98. The van der Waals surface area contributed by atoms with E-state index in [1.807, 2.05) is 0 Å². The maximum atomic E-state index is 13.2. The fourth-order valence-corrected chi connectivity index (χ4v) is 8.88. The number of hydrogen-bond acceptors (Lipinski definition) is 18. The minimum absolute atomic E-state index is 0.235. The lowest BCUT2D eigenvalue weighted by molar-refractivity contribution is -0.379. The number of aliphatic hydroxyl groups excluding tert-OH is 11. The first-order valence-corrected chi connectivity index (χ1v) is 27.8. The van der Waals surface area contributed by atoms with Crippen LogP contribution in [-0.4, -0.2) is 193 Å². The molecule has 0 aliphatic carbocycles. The topological polar surface area (TPSA) is 307 Å². The number of allylic oxidation sites excluding steroid dienone is 14. The highest BCUT2D eigenvalue weighted by Crippen LogP contribution is 2.33. The lowest BCUT2D eigenvalue weighted by atomic mass is 9.96. The Kier molecular flexibility index (Phi) is 35.6. The normalized spacial score (nSPS) is 31.6. The molecule has 0 aromatic rings. The Labute approximate surface area is 450 Å². The summed E-state index contributed by atoms with van der Waals surface area (Å²) in [6.07, 6.45) is 20.6.